The van der Waals surface area contributed by atoms with Crippen molar-refractivity contribution in [2.24, 2.45) is 5.92 Å². The van der Waals surface area contributed by atoms with Gasteiger partial charge in [-0.1, -0.05) is 90.5 Å². The van der Waals surface area contributed by atoms with Gasteiger partial charge in [0.05, 0.1) is 6.61 Å². The number of hydrogen-bond acceptors (Lipinski definition) is 2. The van der Waals surface area contributed by atoms with Crippen LogP contribution in [0, 0.1) is 5.92 Å². The van der Waals surface area contributed by atoms with Crippen LogP contribution in [0.1, 0.15) is 48.5 Å². The second kappa shape index (κ2) is 10.2. The molecular formula is C29H32ClNO. The smallest absolute Gasteiger partial charge is 0.109 e. The standard InChI is InChI=1S/C29H32ClNO/c30-28-14-8-7-13-27(28)29(24-11-5-2-6-12-24)32-18-17-31-25-15-16-26(31)21-23(20-25)19-22-9-3-1-4-10-22/h1-14,23,25-26,29H,15-21H2/t23?,25-,26+,29?. The molecule has 0 amide bonds. The third-order valence-electron chi connectivity index (χ3n) is 7.27. The van der Waals surface area contributed by atoms with Gasteiger partial charge in [-0.2, -0.15) is 0 Å². The Morgan fingerprint density at radius 3 is 2.12 bits per heavy atom. The molecule has 0 aromatic heterocycles. The first-order chi connectivity index (χ1) is 15.8. The summed E-state index contributed by atoms with van der Waals surface area (Å²) in [5.74, 6) is 0.812. The molecule has 2 fully saturated rings. The van der Waals surface area contributed by atoms with Crippen LogP contribution in [-0.2, 0) is 11.2 Å². The van der Waals surface area contributed by atoms with Crippen LogP contribution >= 0.6 is 11.6 Å². The molecule has 2 nitrogen and oxygen atoms in total. The molecule has 2 saturated heterocycles. The molecule has 0 saturated carbocycles. The number of fused-ring (bicyclic) bond motifs is 2. The summed E-state index contributed by atoms with van der Waals surface area (Å²) in [6.07, 6.45) is 6.40. The van der Waals surface area contributed by atoms with E-state index in [0.29, 0.717) is 12.1 Å². The molecule has 2 heterocycles. The monoisotopic (exact) mass is 445 g/mol. The van der Waals surface area contributed by atoms with Crippen LogP contribution in [0.15, 0.2) is 84.9 Å². The Hall–Kier alpha value is -2.13. The summed E-state index contributed by atoms with van der Waals surface area (Å²) in [7, 11) is 0. The van der Waals surface area contributed by atoms with Crippen LogP contribution in [0.4, 0.5) is 0 Å². The molecule has 2 aliphatic rings. The number of nitrogens with zero attached hydrogens (tertiary/aromatic N) is 1. The normalized spacial score (nSPS) is 23.8. The molecule has 0 aliphatic carbocycles. The molecule has 2 aliphatic heterocycles. The highest BCUT2D eigenvalue weighted by atomic mass is 35.5. The minimum atomic E-state index is -0.127. The summed E-state index contributed by atoms with van der Waals surface area (Å²) in [5, 5.41) is 0.767. The molecule has 0 N–H and O–H groups in total. The van der Waals surface area contributed by atoms with E-state index in [9.17, 15) is 0 Å². The van der Waals surface area contributed by atoms with Crippen LogP contribution < -0.4 is 0 Å². The lowest BCUT2D eigenvalue weighted by molar-refractivity contribution is 0.0285. The van der Waals surface area contributed by atoms with E-state index < -0.39 is 0 Å². The summed E-state index contributed by atoms with van der Waals surface area (Å²) in [6, 6.07) is 30.9. The molecule has 0 radical (unpaired) electrons. The van der Waals surface area contributed by atoms with Crippen molar-refractivity contribution in [3.63, 3.8) is 0 Å². The summed E-state index contributed by atoms with van der Waals surface area (Å²) in [5.41, 5.74) is 3.69. The highest BCUT2D eigenvalue weighted by molar-refractivity contribution is 6.31. The Bertz CT molecular complexity index is 978. The zero-order chi connectivity index (χ0) is 21.8. The summed E-state index contributed by atoms with van der Waals surface area (Å²) in [6.45, 7) is 1.72. The Balaban J connectivity index is 1.21. The first-order valence-electron chi connectivity index (χ1n) is 12.0. The van der Waals surface area contributed by atoms with E-state index in [-0.39, 0.29) is 6.10 Å². The average molecular weight is 446 g/mol. The summed E-state index contributed by atoms with van der Waals surface area (Å²) in [4.78, 5) is 2.73. The minimum absolute atomic E-state index is 0.127. The molecule has 4 atom stereocenters. The Morgan fingerprint density at radius 1 is 0.812 bits per heavy atom. The van der Waals surface area contributed by atoms with Crippen molar-refractivity contribution in [3.8, 4) is 0 Å². The first kappa shape index (κ1) is 21.7. The average Bonchev–Trinajstić information content (AvgIpc) is 3.06. The van der Waals surface area contributed by atoms with Crippen molar-refractivity contribution < 1.29 is 4.74 Å². The third kappa shape index (κ3) is 4.93. The topological polar surface area (TPSA) is 12.5 Å². The van der Waals surface area contributed by atoms with Gasteiger partial charge in [-0.25, -0.2) is 0 Å². The van der Waals surface area contributed by atoms with E-state index in [1.807, 2.05) is 24.3 Å². The van der Waals surface area contributed by atoms with Crippen molar-refractivity contribution in [2.75, 3.05) is 13.2 Å². The quantitative estimate of drug-likeness (QED) is 0.372. The van der Waals surface area contributed by atoms with Crippen molar-refractivity contribution in [3.05, 3.63) is 107 Å². The molecule has 3 aromatic carbocycles. The van der Waals surface area contributed by atoms with E-state index in [0.717, 1.165) is 35.2 Å². The first-order valence-corrected chi connectivity index (χ1v) is 12.4. The van der Waals surface area contributed by atoms with Gasteiger partial charge in [-0.3, -0.25) is 4.90 Å². The van der Waals surface area contributed by atoms with Crippen molar-refractivity contribution in [2.45, 2.75) is 50.3 Å². The second-order valence-electron chi connectivity index (χ2n) is 9.33. The molecule has 32 heavy (non-hydrogen) atoms. The van der Waals surface area contributed by atoms with Gasteiger partial charge in [-0.15, -0.1) is 0 Å². The van der Waals surface area contributed by atoms with E-state index >= 15 is 0 Å². The Labute approximate surface area is 197 Å². The number of ether oxygens (including phenoxy) is 1. The van der Waals surface area contributed by atoms with Gasteiger partial charge in [-0.05, 0) is 55.2 Å². The van der Waals surface area contributed by atoms with Gasteiger partial charge in [0, 0.05) is 29.2 Å². The SMILES string of the molecule is Clc1ccccc1C(OCCN1[C@@H]2CC[C@H]1CC(Cc1ccccc1)C2)c1ccccc1. The fourth-order valence-corrected chi connectivity index (χ4v) is 6.06. The van der Waals surface area contributed by atoms with Crippen molar-refractivity contribution in [1.82, 2.24) is 4.90 Å². The van der Waals surface area contributed by atoms with E-state index in [1.165, 1.54) is 37.7 Å². The van der Waals surface area contributed by atoms with Crippen molar-refractivity contribution >= 4 is 11.6 Å². The molecule has 5 rings (SSSR count). The van der Waals surface area contributed by atoms with E-state index in [2.05, 4.69) is 65.6 Å². The minimum Gasteiger partial charge on any atom is -0.367 e. The Morgan fingerprint density at radius 2 is 1.44 bits per heavy atom. The lowest BCUT2D eigenvalue weighted by atomic mass is 9.86. The van der Waals surface area contributed by atoms with Gasteiger partial charge in [0.15, 0.2) is 0 Å². The van der Waals surface area contributed by atoms with Gasteiger partial charge < -0.3 is 4.74 Å². The maximum absolute atomic E-state index is 6.54. The second-order valence-corrected chi connectivity index (χ2v) is 9.74. The fourth-order valence-electron chi connectivity index (χ4n) is 5.82. The highest BCUT2D eigenvalue weighted by Crippen LogP contribution is 2.40. The molecule has 166 valence electrons. The van der Waals surface area contributed by atoms with Crippen LogP contribution in [0.5, 0.6) is 0 Å². The van der Waals surface area contributed by atoms with Crippen LogP contribution in [-0.4, -0.2) is 30.1 Å². The molecular weight excluding hydrogens is 414 g/mol. The largest absolute Gasteiger partial charge is 0.367 e. The highest BCUT2D eigenvalue weighted by Gasteiger charge is 2.40. The molecule has 3 heteroatoms. The molecule has 2 unspecified atom stereocenters. The third-order valence-corrected chi connectivity index (χ3v) is 7.62. The number of hydrogen-bond donors (Lipinski definition) is 0. The lowest BCUT2D eigenvalue weighted by Crippen LogP contribution is -2.45. The molecule has 0 spiro atoms. The van der Waals surface area contributed by atoms with Crippen molar-refractivity contribution in [1.29, 1.82) is 0 Å². The van der Waals surface area contributed by atoms with Crippen LogP contribution in [0.25, 0.3) is 0 Å². The molecule has 3 aromatic rings. The van der Waals surface area contributed by atoms with E-state index in [4.69, 9.17) is 16.3 Å². The van der Waals surface area contributed by atoms with Gasteiger partial charge >= 0.3 is 0 Å². The predicted octanol–water partition coefficient (Wildman–Crippen LogP) is 6.93. The number of piperidine rings is 1. The predicted molar refractivity (Wildman–Crippen MR) is 132 cm³/mol. The summed E-state index contributed by atoms with van der Waals surface area (Å²) < 4.78 is 6.52. The number of benzene rings is 3. The Kier molecular flexibility index (Phi) is 6.92. The van der Waals surface area contributed by atoms with Crippen LogP contribution in [0.3, 0.4) is 0 Å². The molecule has 2 bridgehead atoms. The zero-order valence-corrected chi connectivity index (χ0v) is 19.3. The van der Waals surface area contributed by atoms with Gasteiger partial charge in [0.25, 0.3) is 0 Å². The zero-order valence-electron chi connectivity index (χ0n) is 18.6. The fraction of sp³-hybridized carbons (Fsp3) is 0.379. The number of rotatable bonds is 8. The lowest BCUT2D eigenvalue weighted by Gasteiger charge is -2.39. The maximum Gasteiger partial charge on any atom is 0.109 e. The van der Waals surface area contributed by atoms with Crippen LogP contribution in [0.2, 0.25) is 5.02 Å². The van der Waals surface area contributed by atoms with Gasteiger partial charge in [0.1, 0.15) is 6.10 Å². The van der Waals surface area contributed by atoms with E-state index in [1.54, 1.807) is 0 Å². The van der Waals surface area contributed by atoms with Gasteiger partial charge in [0.2, 0.25) is 0 Å². The summed E-state index contributed by atoms with van der Waals surface area (Å²) >= 11 is 6.54. The maximum atomic E-state index is 6.54. The number of halogens is 1.